The highest BCUT2D eigenvalue weighted by molar-refractivity contribution is 5.73. The zero-order chi connectivity index (χ0) is 22.3. The molecule has 1 saturated heterocycles. The Labute approximate surface area is 191 Å². The van der Waals surface area contributed by atoms with Crippen molar-refractivity contribution >= 4 is 11.8 Å². The van der Waals surface area contributed by atoms with Crippen LogP contribution in [-0.2, 0) is 0 Å². The maximum absolute atomic E-state index is 9.88. The van der Waals surface area contributed by atoms with Crippen molar-refractivity contribution in [1.82, 2.24) is 20.3 Å². The van der Waals surface area contributed by atoms with Gasteiger partial charge in [0.1, 0.15) is 5.82 Å². The van der Waals surface area contributed by atoms with Crippen LogP contribution in [0.4, 0.5) is 11.8 Å². The molecule has 32 heavy (non-hydrogen) atoms. The summed E-state index contributed by atoms with van der Waals surface area (Å²) in [7, 11) is 0. The van der Waals surface area contributed by atoms with Crippen LogP contribution in [0, 0.1) is 0 Å². The number of hydrogen-bond donors (Lipinski definition) is 4. The molecular formula is C25H38N6O. The summed E-state index contributed by atoms with van der Waals surface area (Å²) in [5.41, 5.74) is 3.15. The van der Waals surface area contributed by atoms with Crippen LogP contribution in [0.15, 0.2) is 24.5 Å². The van der Waals surface area contributed by atoms with Crippen LogP contribution in [0.2, 0.25) is 0 Å². The molecule has 2 aromatic heterocycles. The molecule has 4 N–H and O–H groups in total. The first-order valence-corrected chi connectivity index (χ1v) is 12.4. The minimum absolute atomic E-state index is 0.172. The van der Waals surface area contributed by atoms with Crippen molar-refractivity contribution in [3.8, 4) is 11.3 Å². The summed E-state index contributed by atoms with van der Waals surface area (Å²) in [6, 6.07) is 4.96. The Hall–Kier alpha value is -2.25. The Morgan fingerprint density at radius 1 is 1.06 bits per heavy atom. The second kappa shape index (κ2) is 11.1. The molecule has 1 aliphatic heterocycles. The van der Waals surface area contributed by atoms with E-state index in [0.717, 1.165) is 68.7 Å². The quantitative estimate of drug-likeness (QED) is 0.487. The molecule has 174 valence electrons. The van der Waals surface area contributed by atoms with E-state index in [-0.39, 0.29) is 6.10 Å². The second-order valence-corrected chi connectivity index (χ2v) is 9.44. The Morgan fingerprint density at radius 3 is 2.53 bits per heavy atom. The SMILES string of the molecule is CCCC(C)Nc1ncc(-c2ccc(C3CCNCC3)cn2)c(NC2CCC(O)CC2)n1. The molecule has 7 heteroatoms. The normalized spacial score (nSPS) is 23.0. The van der Waals surface area contributed by atoms with Gasteiger partial charge < -0.3 is 21.1 Å². The van der Waals surface area contributed by atoms with Crippen LogP contribution in [0.3, 0.4) is 0 Å². The number of aromatic nitrogens is 3. The van der Waals surface area contributed by atoms with Gasteiger partial charge in [-0.25, -0.2) is 4.98 Å². The zero-order valence-electron chi connectivity index (χ0n) is 19.5. The van der Waals surface area contributed by atoms with E-state index < -0.39 is 0 Å². The largest absolute Gasteiger partial charge is 0.393 e. The van der Waals surface area contributed by atoms with Crippen LogP contribution < -0.4 is 16.0 Å². The molecule has 0 aromatic carbocycles. The highest BCUT2D eigenvalue weighted by Gasteiger charge is 2.22. The predicted octanol–water partition coefficient (Wildman–Crippen LogP) is 4.32. The van der Waals surface area contributed by atoms with E-state index in [9.17, 15) is 5.11 Å². The molecule has 0 radical (unpaired) electrons. The average Bonchev–Trinajstić information content (AvgIpc) is 2.82. The number of aliphatic hydroxyl groups excluding tert-OH is 1. The average molecular weight is 439 g/mol. The lowest BCUT2D eigenvalue weighted by Gasteiger charge is -2.27. The molecule has 1 saturated carbocycles. The topological polar surface area (TPSA) is 95.0 Å². The smallest absolute Gasteiger partial charge is 0.224 e. The fourth-order valence-corrected chi connectivity index (χ4v) is 4.85. The van der Waals surface area contributed by atoms with Gasteiger partial charge in [-0.3, -0.25) is 4.98 Å². The standard InChI is InChI=1S/C25H38N6O/c1-3-4-17(2)29-25-28-16-22(24(31-25)30-20-6-8-21(32)9-7-20)23-10-5-19(15-27-23)18-11-13-26-14-12-18/h5,10,15-18,20-21,26,32H,3-4,6-9,11-14H2,1-2H3,(H2,28,29,30,31). The van der Waals surface area contributed by atoms with E-state index in [1.54, 1.807) is 0 Å². The van der Waals surface area contributed by atoms with Crippen molar-refractivity contribution in [3.63, 3.8) is 0 Å². The molecule has 2 fully saturated rings. The summed E-state index contributed by atoms with van der Waals surface area (Å²) >= 11 is 0. The van der Waals surface area contributed by atoms with Crippen molar-refractivity contribution in [1.29, 1.82) is 0 Å². The molecule has 7 nitrogen and oxygen atoms in total. The number of aliphatic hydroxyl groups is 1. The summed E-state index contributed by atoms with van der Waals surface area (Å²) in [5.74, 6) is 2.07. The monoisotopic (exact) mass is 438 g/mol. The molecule has 0 spiro atoms. The molecule has 1 unspecified atom stereocenters. The lowest BCUT2D eigenvalue weighted by Crippen LogP contribution is -2.29. The fourth-order valence-electron chi connectivity index (χ4n) is 4.85. The number of hydrogen-bond acceptors (Lipinski definition) is 7. The number of nitrogens with zero attached hydrogens (tertiary/aromatic N) is 3. The van der Waals surface area contributed by atoms with Gasteiger partial charge in [-0.05, 0) is 82.5 Å². The van der Waals surface area contributed by atoms with Gasteiger partial charge in [-0.15, -0.1) is 0 Å². The fraction of sp³-hybridized carbons (Fsp3) is 0.640. The predicted molar refractivity (Wildman–Crippen MR) is 130 cm³/mol. The Morgan fingerprint density at radius 2 is 1.84 bits per heavy atom. The first-order chi connectivity index (χ1) is 15.6. The van der Waals surface area contributed by atoms with E-state index >= 15 is 0 Å². The summed E-state index contributed by atoms with van der Waals surface area (Å²) < 4.78 is 0. The van der Waals surface area contributed by atoms with Gasteiger partial charge in [-0.2, -0.15) is 4.98 Å². The molecule has 0 amide bonds. The molecule has 4 rings (SSSR count). The van der Waals surface area contributed by atoms with Crippen LogP contribution in [-0.4, -0.2) is 51.3 Å². The third-order valence-corrected chi connectivity index (χ3v) is 6.80. The van der Waals surface area contributed by atoms with E-state index in [4.69, 9.17) is 9.97 Å². The summed E-state index contributed by atoms with van der Waals surface area (Å²) in [6.45, 7) is 6.51. The van der Waals surface area contributed by atoms with Gasteiger partial charge in [0.05, 0.1) is 17.4 Å². The van der Waals surface area contributed by atoms with Gasteiger partial charge in [0.2, 0.25) is 5.95 Å². The molecule has 2 aromatic rings. The summed E-state index contributed by atoms with van der Waals surface area (Å²) in [6.07, 6.45) is 11.8. The second-order valence-electron chi connectivity index (χ2n) is 9.44. The maximum Gasteiger partial charge on any atom is 0.224 e. The van der Waals surface area contributed by atoms with Gasteiger partial charge in [0, 0.05) is 24.5 Å². The summed E-state index contributed by atoms with van der Waals surface area (Å²) in [5, 5.41) is 20.4. The third-order valence-electron chi connectivity index (χ3n) is 6.80. The zero-order valence-corrected chi connectivity index (χ0v) is 19.5. The maximum atomic E-state index is 9.88. The van der Waals surface area contributed by atoms with Crippen LogP contribution in [0.1, 0.15) is 76.7 Å². The van der Waals surface area contributed by atoms with Crippen molar-refractivity contribution in [2.45, 2.75) is 89.3 Å². The van der Waals surface area contributed by atoms with Crippen molar-refractivity contribution in [2.75, 3.05) is 23.7 Å². The molecule has 1 atom stereocenters. The Bertz CT molecular complexity index is 844. The highest BCUT2D eigenvalue weighted by Crippen LogP contribution is 2.31. The number of anilines is 2. The van der Waals surface area contributed by atoms with Gasteiger partial charge in [0.15, 0.2) is 0 Å². The van der Waals surface area contributed by atoms with Gasteiger partial charge in [0.25, 0.3) is 0 Å². The van der Waals surface area contributed by atoms with Crippen molar-refractivity contribution < 1.29 is 5.11 Å². The summed E-state index contributed by atoms with van der Waals surface area (Å²) in [4.78, 5) is 14.3. The number of rotatable bonds is 8. The van der Waals surface area contributed by atoms with E-state index in [1.165, 1.54) is 18.4 Å². The number of nitrogens with one attached hydrogen (secondary N) is 3. The van der Waals surface area contributed by atoms with Crippen LogP contribution >= 0.6 is 0 Å². The van der Waals surface area contributed by atoms with E-state index in [0.29, 0.717) is 23.9 Å². The number of piperidine rings is 1. The molecule has 0 bridgehead atoms. The van der Waals surface area contributed by atoms with Crippen molar-refractivity contribution in [2.24, 2.45) is 0 Å². The van der Waals surface area contributed by atoms with E-state index in [2.05, 4.69) is 46.9 Å². The third kappa shape index (κ3) is 5.95. The lowest BCUT2D eigenvalue weighted by atomic mass is 9.91. The molecule has 3 heterocycles. The lowest BCUT2D eigenvalue weighted by molar-refractivity contribution is 0.126. The van der Waals surface area contributed by atoms with Gasteiger partial charge >= 0.3 is 0 Å². The van der Waals surface area contributed by atoms with E-state index in [1.807, 2.05) is 12.4 Å². The molecular weight excluding hydrogens is 400 g/mol. The molecule has 2 aliphatic rings. The minimum atomic E-state index is -0.172. The minimum Gasteiger partial charge on any atom is -0.393 e. The van der Waals surface area contributed by atoms with Crippen LogP contribution in [0.5, 0.6) is 0 Å². The van der Waals surface area contributed by atoms with Gasteiger partial charge in [-0.1, -0.05) is 19.4 Å². The Kier molecular flexibility index (Phi) is 7.92. The van der Waals surface area contributed by atoms with Crippen LogP contribution in [0.25, 0.3) is 11.3 Å². The Balaban J connectivity index is 1.56. The number of pyridine rings is 1. The highest BCUT2D eigenvalue weighted by atomic mass is 16.3. The molecule has 1 aliphatic carbocycles. The van der Waals surface area contributed by atoms with Crippen molar-refractivity contribution in [3.05, 3.63) is 30.1 Å². The first kappa shape index (κ1) is 22.9. The first-order valence-electron chi connectivity index (χ1n) is 12.4.